The van der Waals surface area contributed by atoms with Crippen LogP contribution in [0.4, 0.5) is 0 Å². The van der Waals surface area contributed by atoms with E-state index in [2.05, 4.69) is 4.98 Å². The Morgan fingerprint density at radius 2 is 2.20 bits per heavy atom. The molecule has 0 bridgehead atoms. The van der Waals surface area contributed by atoms with Gasteiger partial charge >= 0.3 is 0 Å². The van der Waals surface area contributed by atoms with E-state index in [1.807, 2.05) is 13.0 Å². The molecule has 0 aliphatic rings. The molecule has 0 saturated carbocycles. The molecule has 20 heavy (non-hydrogen) atoms. The fourth-order valence-corrected chi connectivity index (χ4v) is 2.96. The maximum absolute atomic E-state index is 11.8. The summed E-state index contributed by atoms with van der Waals surface area (Å²) in [5.41, 5.74) is -0.00442. The van der Waals surface area contributed by atoms with Crippen LogP contribution in [0.15, 0.2) is 17.1 Å². The molecule has 1 N–H and O–H groups in total. The Balaban J connectivity index is 2.72. The number of unbranched alkanes of at least 4 members (excludes halogenated alkanes) is 1. The second-order valence-corrected chi connectivity index (χ2v) is 6.57. The van der Waals surface area contributed by atoms with Crippen LogP contribution in [0.2, 0.25) is 0 Å². The molecule has 0 spiro atoms. The van der Waals surface area contributed by atoms with Crippen molar-refractivity contribution in [3.05, 3.63) is 28.2 Å². The minimum Gasteiger partial charge on any atom is -0.488 e. The van der Waals surface area contributed by atoms with Gasteiger partial charge in [-0.3, -0.25) is 4.79 Å². The topological polar surface area (TPSA) is 100 Å². The minimum atomic E-state index is -3.32. The second-order valence-electron chi connectivity index (χ2n) is 4.39. The lowest BCUT2D eigenvalue weighted by Gasteiger charge is -2.06. The molecule has 1 aromatic rings. The van der Waals surface area contributed by atoms with Crippen molar-refractivity contribution in [1.29, 1.82) is 5.26 Å². The van der Waals surface area contributed by atoms with Gasteiger partial charge in [-0.2, -0.15) is 5.26 Å². The van der Waals surface area contributed by atoms with Gasteiger partial charge in [0.2, 0.25) is 5.43 Å². The first-order chi connectivity index (χ1) is 9.48. The van der Waals surface area contributed by atoms with E-state index >= 15 is 0 Å². The summed E-state index contributed by atoms with van der Waals surface area (Å²) in [5.74, 6) is -0.101. The number of rotatable bonds is 8. The second kappa shape index (κ2) is 7.70. The average molecular weight is 298 g/mol. The number of aromatic nitrogens is 1. The SMILES string of the molecule is CCCOc1c[nH]c(CS(=O)(=O)CCCC#N)cc1=O. The van der Waals surface area contributed by atoms with Gasteiger partial charge < -0.3 is 9.72 Å². The monoisotopic (exact) mass is 298 g/mol. The zero-order valence-corrected chi connectivity index (χ0v) is 12.2. The fraction of sp³-hybridized carbons (Fsp3) is 0.538. The summed E-state index contributed by atoms with van der Waals surface area (Å²) in [6.07, 6.45) is 2.69. The molecule has 0 aromatic carbocycles. The first-order valence-electron chi connectivity index (χ1n) is 6.40. The summed E-state index contributed by atoms with van der Waals surface area (Å²) in [7, 11) is -3.32. The summed E-state index contributed by atoms with van der Waals surface area (Å²) in [6, 6.07) is 3.14. The van der Waals surface area contributed by atoms with E-state index in [0.29, 0.717) is 18.7 Å². The summed E-state index contributed by atoms with van der Waals surface area (Å²) in [5, 5.41) is 8.38. The van der Waals surface area contributed by atoms with E-state index < -0.39 is 9.84 Å². The number of aromatic amines is 1. The number of H-pyrrole nitrogens is 1. The van der Waals surface area contributed by atoms with Crippen molar-refractivity contribution in [2.75, 3.05) is 12.4 Å². The summed E-state index contributed by atoms with van der Waals surface area (Å²) in [4.78, 5) is 14.5. The van der Waals surface area contributed by atoms with Crippen molar-refractivity contribution in [1.82, 2.24) is 4.98 Å². The zero-order valence-electron chi connectivity index (χ0n) is 11.4. The van der Waals surface area contributed by atoms with Crippen molar-refractivity contribution in [3.63, 3.8) is 0 Å². The number of pyridine rings is 1. The zero-order chi connectivity index (χ0) is 15.0. The molecule has 6 nitrogen and oxygen atoms in total. The largest absolute Gasteiger partial charge is 0.488 e. The molecule has 1 aromatic heterocycles. The lowest BCUT2D eigenvalue weighted by molar-refractivity contribution is 0.313. The van der Waals surface area contributed by atoms with E-state index in [-0.39, 0.29) is 29.1 Å². The van der Waals surface area contributed by atoms with E-state index in [1.54, 1.807) is 0 Å². The number of sulfone groups is 1. The molecule has 0 unspecified atom stereocenters. The highest BCUT2D eigenvalue weighted by Crippen LogP contribution is 2.08. The van der Waals surface area contributed by atoms with Crippen molar-refractivity contribution in [3.8, 4) is 11.8 Å². The van der Waals surface area contributed by atoms with Gasteiger partial charge in [0.15, 0.2) is 15.6 Å². The normalized spacial score (nSPS) is 11.0. The fourth-order valence-electron chi connectivity index (χ4n) is 1.59. The van der Waals surface area contributed by atoms with Crippen LogP contribution in [0.1, 0.15) is 31.9 Å². The van der Waals surface area contributed by atoms with Crippen molar-refractivity contribution in [2.45, 2.75) is 31.9 Å². The van der Waals surface area contributed by atoms with E-state index in [1.165, 1.54) is 12.3 Å². The third kappa shape index (κ3) is 5.45. The van der Waals surface area contributed by atoms with Gasteiger partial charge in [0.25, 0.3) is 0 Å². The Bertz CT molecular complexity index is 629. The number of nitrogens with zero attached hydrogens (tertiary/aromatic N) is 1. The van der Waals surface area contributed by atoms with Gasteiger partial charge in [0.1, 0.15) is 0 Å². The van der Waals surface area contributed by atoms with E-state index in [0.717, 1.165) is 6.42 Å². The summed E-state index contributed by atoms with van der Waals surface area (Å²) < 4.78 is 28.8. The van der Waals surface area contributed by atoms with Crippen LogP contribution < -0.4 is 10.2 Å². The number of nitrogens with one attached hydrogen (secondary N) is 1. The smallest absolute Gasteiger partial charge is 0.223 e. The molecular weight excluding hydrogens is 280 g/mol. The predicted molar refractivity (Wildman–Crippen MR) is 75.2 cm³/mol. The van der Waals surface area contributed by atoms with Crippen molar-refractivity contribution >= 4 is 9.84 Å². The van der Waals surface area contributed by atoms with E-state index in [4.69, 9.17) is 10.00 Å². The Labute approximate surface area is 118 Å². The Kier molecular flexibility index (Phi) is 6.25. The van der Waals surface area contributed by atoms with Crippen molar-refractivity contribution < 1.29 is 13.2 Å². The third-order valence-electron chi connectivity index (χ3n) is 2.52. The first kappa shape index (κ1) is 16.2. The summed E-state index contributed by atoms with van der Waals surface area (Å²) in [6.45, 7) is 2.37. The standard InChI is InChI=1S/C13H18N2O4S/c1-2-6-19-13-9-15-11(8-12(13)16)10-20(17,18)7-4-3-5-14/h8-9H,2-4,6-7,10H2,1H3,(H,15,16). The van der Waals surface area contributed by atoms with E-state index in [9.17, 15) is 13.2 Å². The van der Waals surface area contributed by atoms with Gasteiger partial charge in [-0.05, 0) is 12.8 Å². The van der Waals surface area contributed by atoms with Crippen LogP contribution in [0.5, 0.6) is 5.75 Å². The molecule has 0 fully saturated rings. The Morgan fingerprint density at radius 3 is 2.80 bits per heavy atom. The molecule has 0 saturated heterocycles. The maximum Gasteiger partial charge on any atom is 0.223 e. The van der Waals surface area contributed by atoms with Gasteiger partial charge in [-0.15, -0.1) is 0 Å². The van der Waals surface area contributed by atoms with Gasteiger partial charge in [-0.25, -0.2) is 8.42 Å². The highest BCUT2D eigenvalue weighted by molar-refractivity contribution is 7.90. The molecule has 0 atom stereocenters. The van der Waals surface area contributed by atoms with Crippen LogP contribution >= 0.6 is 0 Å². The quantitative estimate of drug-likeness (QED) is 0.731. The molecule has 0 amide bonds. The van der Waals surface area contributed by atoms with Gasteiger partial charge in [0.05, 0.1) is 24.2 Å². The number of hydrogen-bond acceptors (Lipinski definition) is 5. The minimum absolute atomic E-state index is 0.0589. The molecular formula is C13H18N2O4S. The average Bonchev–Trinajstić information content (AvgIpc) is 2.37. The number of ether oxygens (including phenoxy) is 1. The highest BCUT2D eigenvalue weighted by atomic mass is 32.2. The van der Waals surface area contributed by atoms with Crippen LogP contribution in [0.3, 0.4) is 0 Å². The molecule has 1 heterocycles. The molecule has 7 heteroatoms. The highest BCUT2D eigenvalue weighted by Gasteiger charge is 2.13. The lowest BCUT2D eigenvalue weighted by Crippen LogP contribution is -2.14. The van der Waals surface area contributed by atoms with Crippen LogP contribution in [-0.4, -0.2) is 25.8 Å². The molecule has 1 rings (SSSR count). The van der Waals surface area contributed by atoms with Crippen LogP contribution in [-0.2, 0) is 15.6 Å². The van der Waals surface area contributed by atoms with Crippen LogP contribution in [0.25, 0.3) is 0 Å². The molecule has 0 aliphatic carbocycles. The van der Waals surface area contributed by atoms with Gasteiger partial charge in [-0.1, -0.05) is 6.92 Å². The maximum atomic E-state index is 11.8. The number of hydrogen-bond donors (Lipinski definition) is 1. The Hall–Kier alpha value is -1.81. The Morgan fingerprint density at radius 1 is 1.45 bits per heavy atom. The third-order valence-corrected chi connectivity index (χ3v) is 4.18. The predicted octanol–water partition coefficient (Wildman–Crippen LogP) is 1.38. The molecule has 0 aliphatic heterocycles. The lowest BCUT2D eigenvalue weighted by atomic mass is 10.3. The molecule has 110 valence electrons. The number of nitriles is 1. The van der Waals surface area contributed by atoms with Gasteiger partial charge in [0, 0.05) is 24.4 Å². The molecule has 0 radical (unpaired) electrons. The van der Waals surface area contributed by atoms with Crippen molar-refractivity contribution in [2.24, 2.45) is 0 Å². The van der Waals surface area contributed by atoms with Crippen LogP contribution in [0, 0.1) is 11.3 Å². The first-order valence-corrected chi connectivity index (χ1v) is 8.22. The summed E-state index contributed by atoms with van der Waals surface area (Å²) >= 11 is 0.